The molecule has 1 unspecified atom stereocenters. The van der Waals surface area contributed by atoms with Crippen molar-refractivity contribution >= 4 is 15.9 Å². The summed E-state index contributed by atoms with van der Waals surface area (Å²) in [6.07, 6.45) is 2.84. The number of aryl methyl sites for hydroxylation is 2. The van der Waals surface area contributed by atoms with E-state index in [1.165, 1.54) is 10.6 Å². The van der Waals surface area contributed by atoms with E-state index in [1.54, 1.807) is 30.5 Å². The first-order chi connectivity index (χ1) is 13.6. The number of hydrogen-bond donors (Lipinski definition) is 0. The summed E-state index contributed by atoms with van der Waals surface area (Å²) in [5, 5.41) is 8.19. The standard InChI is InChI=1S/C19H25N5O4S/c1-13-7-14(28-3)5-6-15(13)18(25)23-9-19(10-23)11-24(29(4,26)27)8-16(19)17-21-20-12-22(17)2/h5-7,12,16H,8-11H2,1-4H3. The van der Waals surface area contributed by atoms with Crippen LogP contribution in [0.5, 0.6) is 5.75 Å². The maximum atomic E-state index is 13.0. The normalized spacial score (nSPS) is 21.4. The lowest BCUT2D eigenvalue weighted by Crippen LogP contribution is -2.61. The van der Waals surface area contributed by atoms with E-state index in [0.29, 0.717) is 37.5 Å². The molecule has 1 atom stereocenters. The summed E-state index contributed by atoms with van der Waals surface area (Å²) in [5.41, 5.74) is 1.14. The first-order valence-electron chi connectivity index (χ1n) is 9.37. The molecule has 2 aromatic rings. The molecule has 2 aliphatic heterocycles. The molecular formula is C19H25N5O4S. The van der Waals surface area contributed by atoms with Crippen molar-refractivity contribution < 1.29 is 17.9 Å². The van der Waals surface area contributed by atoms with Gasteiger partial charge in [0.1, 0.15) is 17.9 Å². The molecule has 1 aromatic heterocycles. The minimum Gasteiger partial charge on any atom is -0.497 e. The third-order valence-corrected chi connectivity index (χ3v) is 7.32. The van der Waals surface area contributed by atoms with Gasteiger partial charge in [-0.3, -0.25) is 4.79 Å². The van der Waals surface area contributed by atoms with Gasteiger partial charge >= 0.3 is 0 Å². The van der Waals surface area contributed by atoms with Crippen molar-refractivity contribution in [2.45, 2.75) is 12.8 Å². The lowest BCUT2D eigenvalue weighted by molar-refractivity contribution is 0.00409. The minimum absolute atomic E-state index is 0.0506. The second kappa shape index (κ2) is 6.81. The Bertz CT molecular complexity index is 1060. The van der Waals surface area contributed by atoms with Crippen molar-refractivity contribution in [2.75, 3.05) is 39.5 Å². The highest BCUT2D eigenvalue weighted by Crippen LogP contribution is 2.49. The van der Waals surface area contributed by atoms with E-state index in [0.717, 1.165) is 11.4 Å². The maximum Gasteiger partial charge on any atom is 0.254 e. The number of sulfonamides is 1. The van der Waals surface area contributed by atoms with Crippen LogP contribution in [0.15, 0.2) is 24.5 Å². The van der Waals surface area contributed by atoms with Crippen LogP contribution in [0.25, 0.3) is 0 Å². The van der Waals surface area contributed by atoms with Crippen LogP contribution in [0.4, 0.5) is 0 Å². The molecule has 156 valence electrons. The lowest BCUT2D eigenvalue weighted by atomic mass is 9.71. The number of rotatable bonds is 4. The largest absolute Gasteiger partial charge is 0.497 e. The zero-order valence-corrected chi connectivity index (χ0v) is 17.8. The van der Waals surface area contributed by atoms with Gasteiger partial charge in [0, 0.05) is 50.1 Å². The summed E-state index contributed by atoms with van der Waals surface area (Å²) >= 11 is 0. The van der Waals surface area contributed by atoms with Crippen molar-refractivity contribution in [1.29, 1.82) is 0 Å². The Labute approximate surface area is 170 Å². The Morgan fingerprint density at radius 3 is 2.55 bits per heavy atom. The highest BCUT2D eigenvalue weighted by Gasteiger charge is 2.58. The van der Waals surface area contributed by atoms with Crippen molar-refractivity contribution in [3.05, 3.63) is 41.5 Å². The van der Waals surface area contributed by atoms with Gasteiger partial charge < -0.3 is 14.2 Å². The van der Waals surface area contributed by atoms with E-state index in [9.17, 15) is 13.2 Å². The van der Waals surface area contributed by atoms with E-state index >= 15 is 0 Å². The average Bonchev–Trinajstić information content (AvgIpc) is 3.22. The third kappa shape index (κ3) is 3.29. The Hall–Kier alpha value is -2.46. The molecule has 9 nitrogen and oxygen atoms in total. The summed E-state index contributed by atoms with van der Waals surface area (Å²) in [5.74, 6) is 1.31. The topological polar surface area (TPSA) is 97.6 Å². The van der Waals surface area contributed by atoms with Gasteiger partial charge in [0.05, 0.1) is 13.4 Å². The smallest absolute Gasteiger partial charge is 0.254 e. The molecular weight excluding hydrogens is 394 g/mol. The van der Waals surface area contributed by atoms with Crippen molar-refractivity contribution in [2.24, 2.45) is 12.5 Å². The monoisotopic (exact) mass is 419 g/mol. The molecule has 0 radical (unpaired) electrons. The maximum absolute atomic E-state index is 13.0. The fourth-order valence-electron chi connectivity index (χ4n) is 4.49. The van der Waals surface area contributed by atoms with Gasteiger partial charge in [-0.25, -0.2) is 12.7 Å². The molecule has 1 amide bonds. The number of nitrogens with zero attached hydrogens (tertiary/aromatic N) is 5. The molecule has 0 aliphatic carbocycles. The first kappa shape index (κ1) is 19.8. The van der Waals surface area contributed by atoms with Gasteiger partial charge in [-0.05, 0) is 30.7 Å². The van der Waals surface area contributed by atoms with E-state index in [2.05, 4.69) is 10.2 Å². The zero-order chi connectivity index (χ0) is 21.0. The van der Waals surface area contributed by atoms with Crippen LogP contribution in [-0.2, 0) is 17.1 Å². The number of likely N-dealkylation sites (tertiary alicyclic amines) is 1. The molecule has 10 heteroatoms. The minimum atomic E-state index is -3.33. The van der Waals surface area contributed by atoms with E-state index < -0.39 is 10.0 Å². The number of carbonyl (C=O) groups excluding carboxylic acids is 1. The van der Waals surface area contributed by atoms with Crippen LogP contribution in [0.1, 0.15) is 27.7 Å². The van der Waals surface area contributed by atoms with Crippen LogP contribution in [-0.4, -0.2) is 77.8 Å². The number of aromatic nitrogens is 3. The molecule has 2 saturated heterocycles. The molecule has 29 heavy (non-hydrogen) atoms. The van der Waals surface area contributed by atoms with Crippen molar-refractivity contribution in [3.8, 4) is 5.75 Å². The van der Waals surface area contributed by atoms with Crippen LogP contribution in [0.2, 0.25) is 0 Å². The van der Waals surface area contributed by atoms with Gasteiger partial charge in [0.15, 0.2) is 0 Å². The van der Waals surface area contributed by atoms with E-state index in [1.807, 2.05) is 24.6 Å². The van der Waals surface area contributed by atoms with Gasteiger partial charge in [0.2, 0.25) is 10.0 Å². The lowest BCUT2D eigenvalue weighted by Gasteiger charge is -2.50. The second-order valence-corrected chi connectivity index (χ2v) is 10.1. The van der Waals surface area contributed by atoms with Gasteiger partial charge in [0.25, 0.3) is 5.91 Å². The van der Waals surface area contributed by atoms with E-state index in [-0.39, 0.29) is 17.2 Å². The van der Waals surface area contributed by atoms with E-state index in [4.69, 9.17) is 4.74 Å². The Morgan fingerprint density at radius 1 is 1.28 bits per heavy atom. The SMILES string of the molecule is COc1ccc(C(=O)N2CC3(C2)CN(S(C)(=O)=O)CC3c2nncn2C)c(C)c1. The van der Waals surface area contributed by atoms with Gasteiger partial charge in [-0.15, -0.1) is 10.2 Å². The predicted molar refractivity (Wildman–Crippen MR) is 106 cm³/mol. The van der Waals surface area contributed by atoms with Gasteiger partial charge in [-0.1, -0.05) is 0 Å². The molecule has 0 bridgehead atoms. The number of benzene rings is 1. The number of hydrogen-bond acceptors (Lipinski definition) is 6. The average molecular weight is 420 g/mol. The highest BCUT2D eigenvalue weighted by molar-refractivity contribution is 7.88. The molecule has 3 heterocycles. The number of ether oxygens (including phenoxy) is 1. The summed E-state index contributed by atoms with van der Waals surface area (Å²) in [6, 6.07) is 5.39. The van der Waals surface area contributed by atoms with Crippen LogP contribution in [0, 0.1) is 12.3 Å². The fourth-order valence-corrected chi connectivity index (χ4v) is 5.40. The van der Waals surface area contributed by atoms with Gasteiger partial charge in [-0.2, -0.15) is 0 Å². The third-order valence-electron chi connectivity index (χ3n) is 6.11. The summed E-state index contributed by atoms with van der Waals surface area (Å²) in [4.78, 5) is 14.8. The van der Waals surface area contributed by atoms with Crippen molar-refractivity contribution in [3.63, 3.8) is 0 Å². The molecule has 1 aromatic carbocycles. The molecule has 2 aliphatic rings. The molecule has 1 spiro atoms. The number of methoxy groups -OCH3 is 1. The molecule has 0 N–H and O–H groups in total. The van der Waals surface area contributed by atoms with Crippen LogP contribution >= 0.6 is 0 Å². The summed E-state index contributed by atoms with van der Waals surface area (Å²) < 4.78 is 32.9. The Morgan fingerprint density at radius 2 is 2.00 bits per heavy atom. The quantitative estimate of drug-likeness (QED) is 0.721. The summed E-state index contributed by atoms with van der Waals surface area (Å²) in [6.45, 7) is 3.60. The zero-order valence-electron chi connectivity index (χ0n) is 17.0. The molecule has 2 fully saturated rings. The predicted octanol–water partition coefficient (Wildman–Crippen LogP) is 0.633. The number of amides is 1. The number of carbonyl (C=O) groups is 1. The van der Waals surface area contributed by atoms with Crippen LogP contribution in [0.3, 0.4) is 0 Å². The van der Waals surface area contributed by atoms with Crippen LogP contribution < -0.4 is 4.74 Å². The highest BCUT2D eigenvalue weighted by atomic mass is 32.2. The molecule has 4 rings (SSSR count). The summed E-state index contributed by atoms with van der Waals surface area (Å²) in [7, 11) is 0.116. The van der Waals surface area contributed by atoms with Crippen molar-refractivity contribution in [1.82, 2.24) is 24.0 Å². The Kier molecular flexibility index (Phi) is 4.66. The molecule has 0 saturated carbocycles. The Balaban J connectivity index is 1.59. The fraction of sp³-hybridized carbons (Fsp3) is 0.526. The second-order valence-electron chi connectivity index (χ2n) is 8.11. The first-order valence-corrected chi connectivity index (χ1v) is 11.2.